The molecule has 2 N–H and O–H groups in total. The molecule has 0 aliphatic carbocycles. The van der Waals surface area contributed by atoms with Crippen LogP contribution < -0.4 is 5.73 Å². The third-order valence-corrected chi connectivity index (χ3v) is 19.4. The number of amides is 4. The van der Waals surface area contributed by atoms with Crippen molar-refractivity contribution in [1.82, 2.24) is 9.80 Å². The van der Waals surface area contributed by atoms with Crippen LogP contribution in [0.3, 0.4) is 0 Å². The smallest absolute Gasteiger partial charge is 0.278 e. The van der Waals surface area contributed by atoms with Gasteiger partial charge in [-0.3, -0.25) is 39.1 Å². The van der Waals surface area contributed by atoms with Gasteiger partial charge in [0, 0.05) is 61.9 Å². The van der Waals surface area contributed by atoms with Crippen molar-refractivity contribution in [2.45, 2.75) is 322 Å². The lowest BCUT2D eigenvalue weighted by Crippen LogP contribution is -2.47. The third-order valence-electron chi connectivity index (χ3n) is 19.4. The molecule has 2 aliphatic heterocycles. The summed E-state index contributed by atoms with van der Waals surface area (Å²) < 4.78 is 0. The van der Waals surface area contributed by atoms with Crippen LogP contribution in [0, 0.1) is 10.1 Å². The molecular formula is C74H110N4O6. The maximum Gasteiger partial charge on any atom is 0.278 e. The van der Waals surface area contributed by atoms with Gasteiger partial charge in [0.15, 0.2) is 0 Å². The second-order valence-corrected chi connectivity index (χ2v) is 25.9. The van der Waals surface area contributed by atoms with Crippen molar-refractivity contribution in [1.29, 1.82) is 0 Å². The van der Waals surface area contributed by atoms with Crippen LogP contribution in [-0.2, 0) is 0 Å². The van der Waals surface area contributed by atoms with Gasteiger partial charge in [0.25, 0.3) is 29.3 Å². The van der Waals surface area contributed by atoms with Crippen LogP contribution in [0.4, 0.5) is 11.4 Å². The monoisotopic (exact) mass is 1150 g/mol. The van der Waals surface area contributed by atoms with Gasteiger partial charge < -0.3 is 5.73 Å². The van der Waals surface area contributed by atoms with Gasteiger partial charge in [-0.15, -0.1) is 0 Å². The topological polar surface area (TPSA) is 144 Å². The lowest BCUT2D eigenvalue weighted by molar-refractivity contribution is -0.383. The third kappa shape index (κ3) is 17.1. The van der Waals surface area contributed by atoms with Crippen LogP contribution in [0.1, 0.15) is 352 Å². The van der Waals surface area contributed by atoms with Crippen LogP contribution in [0.25, 0.3) is 43.1 Å². The molecule has 84 heavy (non-hydrogen) atoms. The van der Waals surface area contributed by atoms with E-state index in [1.54, 1.807) is 24.3 Å². The Hall–Kier alpha value is -5.12. The number of unbranched alkanes of at least 4 members (excludes halogenated alkanes) is 36. The molecule has 0 spiro atoms. The van der Waals surface area contributed by atoms with E-state index in [1.807, 2.05) is 6.07 Å². The lowest BCUT2D eigenvalue weighted by Gasteiger charge is -2.35. The summed E-state index contributed by atoms with van der Waals surface area (Å²) in [5, 5.41) is 17.3. The van der Waals surface area contributed by atoms with E-state index in [2.05, 4.69) is 27.7 Å². The minimum absolute atomic E-state index is 0.164. The number of carbonyl (C=O) groups excluding carboxylic acids is 4. The van der Waals surface area contributed by atoms with Gasteiger partial charge in [-0.25, -0.2) is 0 Å². The van der Waals surface area contributed by atoms with Crippen molar-refractivity contribution in [3.8, 4) is 0 Å². The van der Waals surface area contributed by atoms with Gasteiger partial charge in [0.05, 0.1) is 21.4 Å². The predicted molar refractivity (Wildman–Crippen MR) is 353 cm³/mol. The zero-order chi connectivity index (χ0) is 59.6. The molecule has 0 saturated heterocycles. The normalized spacial score (nSPS) is 13.6. The second kappa shape index (κ2) is 35.5. The van der Waals surface area contributed by atoms with Crippen LogP contribution in [-0.4, -0.2) is 50.4 Å². The molecule has 0 aromatic heterocycles. The molecule has 0 unspecified atom stereocenters. The molecule has 10 nitrogen and oxygen atoms in total. The summed E-state index contributed by atoms with van der Waals surface area (Å²) in [6, 6.07) is 9.66. The van der Waals surface area contributed by atoms with Crippen LogP contribution in [0.5, 0.6) is 0 Å². The minimum atomic E-state index is -0.478. The first-order valence-corrected chi connectivity index (χ1v) is 35.0. The summed E-state index contributed by atoms with van der Waals surface area (Å²) >= 11 is 0. The van der Waals surface area contributed by atoms with Gasteiger partial charge in [-0.05, 0) is 54.7 Å². The van der Waals surface area contributed by atoms with E-state index in [-0.39, 0.29) is 46.4 Å². The van der Waals surface area contributed by atoms with Crippen molar-refractivity contribution in [2.75, 3.05) is 5.73 Å². The summed E-state index contributed by atoms with van der Waals surface area (Å²) in [4.78, 5) is 76.9. The molecule has 0 bridgehead atoms. The van der Waals surface area contributed by atoms with Crippen molar-refractivity contribution in [2.24, 2.45) is 0 Å². The van der Waals surface area contributed by atoms with E-state index >= 15 is 19.2 Å². The molecule has 7 rings (SSSR count). The number of nitrogens with zero attached hydrogens (tertiary/aromatic N) is 3. The molecule has 0 fully saturated rings. The highest BCUT2D eigenvalue weighted by molar-refractivity contribution is 6.44. The number of nitro groups is 1. The number of nitrogen functional groups attached to an aromatic ring is 1. The highest BCUT2D eigenvalue weighted by Crippen LogP contribution is 2.51. The standard InChI is InChI=1S/C74H110N4O6/c1-5-9-13-17-21-25-29-33-37-41-45-55(46-42-38-34-30-26-22-18-14-10-6-2)76-71(79)59-52-50-58-68-64(78(83)84)54-62-66-60(51-49-57(70(66)68)67-63(75)53-61(73(76)81)65(59)69(58)67)72(80)77(74(62)82)56(47-43-39-35-31-27-23-19-15-11-7-3)48-44-40-36-32-28-24-20-16-12-8-4/h49-56H,5-48,75H2,1-4H3. The molecule has 2 heterocycles. The fourth-order valence-corrected chi connectivity index (χ4v) is 14.6. The first-order valence-electron chi connectivity index (χ1n) is 35.0. The van der Waals surface area contributed by atoms with Gasteiger partial charge in [0.1, 0.15) is 0 Å². The van der Waals surface area contributed by atoms with Crippen LogP contribution >= 0.6 is 0 Å². The Morgan fingerprint density at radius 3 is 0.917 bits per heavy atom. The Labute approximate surface area is 506 Å². The Balaban J connectivity index is 1.16. The number of anilines is 1. The molecule has 10 heteroatoms. The first-order chi connectivity index (χ1) is 41.1. The first kappa shape index (κ1) is 66.4. The average molecular weight is 1150 g/mol. The number of imide groups is 2. The summed E-state index contributed by atoms with van der Waals surface area (Å²) in [5.41, 5.74) is 8.51. The molecular weight excluding hydrogens is 1040 g/mol. The number of fused-ring (bicyclic) bond motifs is 2. The van der Waals surface area contributed by atoms with Gasteiger partial charge in [-0.2, -0.15) is 0 Å². The predicted octanol–water partition coefficient (Wildman–Crippen LogP) is 22.4. The quantitative estimate of drug-likeness (QED) is 0.00777. The lowest BCUT2D eigenvalue weighted by atomic mass is 9.80. The number of nitrogens with two attached hydrogens (primary N) is 1. The highest BCUT2D eigenvalue weighted by Gasteiger charge is 2.42. The summed E-state index contributed by atoms with van der Waals surface area (Å²) in [6.45, 7) is 9.00. The molecule has 0 saturated carbocycles. The van der Waals surface area contributed by atoms with E-state index in [4.69, 9.17) is 5.73 Å². The van der Waals surface area contributed by atoms with Crippen LogP contribution in [0.15, 0.2) is 36.4 Å². The summed E-state index contributed by atoms with van der Waals surface area (Å²) in [7, 11) is 0. The Morgan fingerprint density at radius 2 is 0.607 bits per heavy atom. The van der Waals surface area contributed by atoms with E-state index in [1.165, 1.54) is 196 Å². The summed E-state index contributed by atoms with van der Waals surface area (Å²) in [5.74, 6) is -1.52. The van der Waals surface area contributed by atoms with Crippen molar-refractivity contribution < 1.29 is 24.1 Å². The van der Waals surface area contributed by atoms with E-state index in [0.717, 1.165) is 89.9 Å². The zero-order valence-electron chi connectivity index (χ0n) is 53.1. The molecule has 2 aliphatic rings. The SMILES string of the molecule is CCCCCCCCCCCCC(CCCCCCCCCCCC)N1C(=O)c2ccc3c4c([N+](=O)[O-])cc5c6c(ccc(c7c(N)cc(c2c37)C1=O)c64)C(=O)N(C(CCCCCCCCCCCC)CCCCCCCCCCCC)C5=O. The number of non-ortho nitro benzene ring substituents is 1. The molecule has 4 amide bonds. The number of hydrogen-bond donors (Lipinski definition) is 1. The molecule has 462 valence electrons. The molecule has 5 aromatic rings. The number of hydrogen-bond acceptors (Lipinski definition) is 7. The zero-order valence-corrected chi connectivity index (χ0v) is 53.1. The second-order valence-electron chi connectivity index (χ2n) is 25.9. The number of rotatable bonds is 47. The maximum absolute atomic E-state index is 15.2. The number of carbonyl (C=O) groups is 4. The Morgan fingerprint density at radius 1 is 0.345 bits per heavy atom. The highest BCUT2D eigenvalue weighted by atomic mass is 16.6. The van der Waals surface area contributed by atoms with Crippen molar-refractivity contribution in [3.05, 3.63) is 68.8 Å². The van der Waals surface area contributed by atoms with Gasteiger partial charge in [-0.1, -0.05) is 297 Å². The largest absolute Gasteiger partial charge is 0.398 e. The van der Waals surface area contributed by atoms with Crippen LogP contribution in [0.2, 0.25) is 0 Å². The maximum atomic E-state index is 15.2. The van der Waals surface area contributed by atoms with Gasteiger partial charge >= 0.3 is 0 Å². The average Bonchev–Trinajstić information content (AvgIpc) is 0.707. The molecule has 0 atom stereocenters. The van der Waals surface area contributed by atoms with E-state index in [0.29, 0.717) is 72.9 Å². The van der Waals surface area contributed by atoms with E-state index in [9.17, 15) is 10.1 Å². The van der Waals surface area contributed by atoms with E-state index < -0.39 is 10.8 Å². The number of nitro benzene ring substituents is 1. The Bertz CT molecular complexity index is 2840. The fourth-order valence-electron chi connectivity index (χ4n) is 14.6. The van der Waals surface area contributed by atoms with Crippen molar-refractivity contribution >= 4 is 78.1 Å². The summed E-state index contributed by atoms with van der Waals surface area (Å²) in [6.07, 6.45) is 50.8. The molecule has 5 aromatic carbocycles. The minimum Gasteiger partial charge on any atom is -0.398 e. The Kier molecular flexibility index (Phi) is 28.1. The van der Waals surface area contributed by atoms with Crippen molar-refractivity contribution in [3.63, 3.8) is 0 Å². The molecule has 0 radical (unpaired) electrons. The number of benzene rings is 5. The fraction of sp³-hybridized carbons (Fsp3) is 0.676. The van der Waals surface area contributed by atoms with Gasteiger partial charge in [0.2, 0.25) is 0 Å².